The third-order valence-corrected chi connectivity index (χ3v) is 8.93. The maximum atomic E-state index is 14.6. The fourth-order valence-electron chi connectivity index (χ4n) is 7.03. The molecule has 0 spiro atoms. The number of ketones is 2. The average molecular weight is 580 g/mol. The molecule has 1 fully saturated rings. The van der Waals surface area contributed by atoms with E-state index >= 15 is 0 Å². The van der Waals surface area contributed by atoms with Crippen molar-refractivity contribution < 1.29 is 48.0 Å². The number of hydrogen-bond donors (Lipinski definition) is 5. The van der Waals surface area contributed by atoms with Crippen LogP contribution < -0.4 is 5.73 Å². The Balaban J connectivity index is 1.70. The van der Waals surface area contributed by atoms with Gasteiger partial charge in [0, 0.05) is 24.1 Å². The number of nitrogens with zero attached hydrogens (tertiary/aromatic N) is 2. The number of nitrogens with two attached hydrogens (primary N) is 1. The van der Waals surface area contributed by atoms with Crippen LogP contribution in [0.1, 0.15) is 53.2 Å². The van der Waals surface area contributed by atoms with Gasteiger partial charge in [-0.1, -0.05) is 6.92 Å². The Morgan fingerprint density at radius 1 is 1.17 bits per heavy atom. The van der Waals surface area contributed by atoms with E-state index in [-0.39, 0.29) is 24.6 Å². The monoisotopic (exact) mass is 579 g/mol. The summed E-state index contributed by atoms with van der Waals surface area (Å²) in [7, 11) is 2.94. The van der Waals surface area contributed by atoms with E-state index in [2.05, 4.69) is 0 Å². The fraction of sp³-hybridized carbons (Fsp3) is 0.536. The number of aliphatic hydroxyl groups is 3. The predicted octanol–water partition coefficient (Wildman–Crippen LogP) is 2.12. The number of hydrogen-bond acceptors (Lipinski definition) is 9. The Kier molecular flexibility index (Phi) is 6.79. The zero-order valence-electron chi connectivity index (χ0n) is 22.7. The number of benzene rings is 1. The molecule has 0 heterocycles. The molecule has 41 heavy (non-hydrogen) atoms. The van der Waals surface area contributed by atoms with Crippen LogP contribution in [0.25, 0.3) is 0 Å². The number of halogens is 3. The van der Waals surface area contributed by atoms with Crippen molar-refractivity contribution in [3.8, 4) is 5.75 Å². The summed E-state index contributed by atoms with van der Waals surface area (Å²) in [5, 5.41) is 44.6. The van der Waals surface area contributed by atoms with Crippen LogP contribution in [0.2, 0.25) is 0 Å². The van der Waals surface area contributed by atoms with Gasteiger partial charge in [0.1, 0.15) is 22.8 Å². The minimum atomic E-state index is -4.88. The van der Waals surface area contributed by atoms with Crippen molar-refractivity contribution in [3.05, 3.63) is 51.0 Å². The number of likely N-dealkylation sites (N-methyl/N-ethyl adjacent to an activating group) is 1. The lowest BCUT2D eigenvalue weighted by molar-refractivity contribution is -0.148. The number of Topliss-reactive ketones (excluding diaryl/α,β-unsaturated/α-hetero) is 2. The SMILES string of the molecule is CCN(Cc1cc(O)c2c(c1C(F)(F)F)C[C@H]1C[C@H]3[C@H](N(C)C)C(O)=C(C(N)=O)C(=O)[C@@]3(O)C(O)=C1C2=O)C1CC1. The van der Waals surface area contributed by atoms with E-state index < -0.39 is 98.7 Å². The first-order chi connectivity index (χ1) is 19.0. The second kappa shape index (κ2) is 9.57. The van der Waals surface area contributed by atoms with Crippen molar-refractivity contribution >= 4 is 17.5 Å². The largest absolute Gasteiger partial charge is 0.510 e. The molecular weight excluding hydrogens is 547 g/mol. The van der Waals surface area contributed by atoms with E-state index in [0.717, 1.165) is 18.9 Å². The smallest absolute Gasteiger partial charge is 0.417 e. The van der Waals surface area contributed by atoms with E-state index in [4.69, 9.17) is 5.73 Å². The Morgan fingerprint density at radius 2 is 1.80 bits per heavy atom. The van der Waals surface area contributed by atoms with Crippen LogP contribution in [0, 0.1) is 11.8 Å². The van der Waals surface area contributed by atoms with Gasteiger partial charge >= 0.3 is 6.18 Å². The Morgan fingerprint density at radius 3 is 2.32 bits per heavy atom. The van der Waals surface area contributed by atoms with E-state index in [1.807, 2.05) is 11.8 Å². The number of amides is 1. The molecule has 0 radical (unpaired) electrons. The van der Waals surface area contributed by atoms with Gasteiger partial charge in [0.2, 0.25) is 5.78 Å². The van der Waals surface area contributed by atoms with E-state index in [9.17, 15) is 48.0 Å². The summed E-state index contributed by atoms with van der Waals surface area (Å²) in [5.41, 5.74) is -1.30. The fourth-order valence-corrected chi connectivity index (χ4v) is 7.03. The summed E-state index contributed by atoms with van der Waals surface area (Å²) in [4.78, 5) is 42.4. The number of phenols is 1. The van der Waals surface area contributed by atoms with Gasteiger partial charge < -0.3 is 26.2 Å². The number of primary amides is 1. The molecule has 4 aliphatic rings. The standard InChI is InChI=1S/C28H32F3N3O7/c1-4-34(13-5-6-13)10-12-9-16(35)18-14(20(12)28(29,30)31)7-11-8-15-21(33(2)3)23(37)19(26(32)40)25(39)27(15,41)24(38)17(11)22(18)36/h9,11,13,15,21,35,37-38,41H,4-8,10H2,1-3H3,(H2,32,40)/t11-,15-,21-,27-/m0/s1. The third-order valence-electron chi connectivity index (χ3n) is 8.93. The summed E-state index contributed by atoms with van der Waals surface area (Å²) in [6.45, 7) is 2.24. The molecule has 4 atom stereocenters. The Bertz CT molecular complexity index is 1430. The number of allylic oxidation sites excluding steroid dienone is 1. The van der Waals surface area contributed by atoms with Crippen LogP contribution in [0.15, 0.2) is 28.7 Å². The maximum Gasteiger partial charge on any atom is 0.417 e. The van der Waals surface area contributed by atoms with Crippen LogP contribution >= 0.6 is 0 Å². The molecule has 0 aliphatic heterocycles. The van der Waals surface area contributed by atoms with E-state index in [1.165, 1.54) is 19.0 Å². The molecule has 0 saturated heterocycles. The van der Waals surface area contributed by atoms with Gasteiger partial charge in [-0.3, -0.25) is 24.2 Å². The first-order valence-corrected chi connectivity index (χ1v) is 13.4. The Hall–Kier alpha value is -3.42. The number of rotatable bonds is 6. The summed E-state index contributed by atoms with van der Waals surface area (Å²) in [5.74, 6) is -8.94. The highest BCUT2D eigenvalue weighted by Crippen LogP contribution is 2.54. The lowest BCUT2D eigenvalue weighted by Crippen LogP contribution is -2.63. The van der Waals surface area contributed by atoms with E-state index in [0.29, 0.717) is 6.54 Å². The van der Waals surface area contributed by atoms with Crippen LogP contribution in [0.4, 0.5) is 13.2 Å². The first kappa shape index (κ1) is 29.1. The number of carbonyl (C=O) groups is 3. The molecule has 5 rings (SSSR count). The van der Waals surface area contributed by atoms with Crippen LogP contribution in [0.5, 0.6) is 5.75 Å². The summed E-state index contributed by atoms with van der Waals surface area (Å²) in [6, 6.07) is -0.178. The van der Waals surface area contributed by atoms with Gasteiger partial charge in [0.05, 0.1) is 17.2 Å². The lowest BCUT2D eigenvalue weighted by Gasteiger charge is -2.50. The van der Waals surface area contributed by atoms with Gasteiger partial charge in [0.15, 0.2) is 11.4 Å². The van der Waals surface area contributed by atoms with Crippen LogP contribution in [-0.4, -0.2) is 86.0 Å². The zero-order chi connectivity index (χ0) is 30.3. The normalized spacial score (nSPS) is 28.3. The topological polar surface area (TPSA) is 165 Å². The minimum Gasteiger partial charge on any atom is -0.510 e. The maximum absolute atomic E-state index is 14.6. The highest BCUT2D eigenvalue weighted by Gasteiger charge is 2.63. The molecular formula is C28H32F3N3O7. The zero-order valence-corrected chi connectivity index (χ0v) is 22.7. The van der Waals surface area contributed by atoms with Crippen molar-refractivity contribution in [1.29, 1.82) is 0 Å². The van der Waals surface area contributed by atoms with Crippen molar-refractivity contribution in [2.45, 2.75) is 63.0 Å². The summed E-state index contributed by atoms with van der Waals surface area (Å²) >= 11 is 0. The Labute approximate surface area is 233 Å². The number of fused-ring (bicyclic) bond motifs is 3. The highest BCUT2D eigenvalue weighted by atomic mass is 19.4. The average Bonchev–Trinajstić information content (AvgIpc) is 3.68. The third kappa shape index (κ3) is 4.24. The molecule has 1 aromatic carbocycles. The van der Waals surface area contributed by atoms with Gasteiger partial charge in [-0.25, -0.2) is 0 Å². The minimum absolute atomic E-state index is 0.0855. The molecule has 0 unspecified atom stereocenters. The molecule has 222 valence electrons. The van der Waals surface area contributed by atoms with Crippen molar-refractivity contribution in [3.63, 3.8) is 0 Å². The molecule has 1 aromatic rings. The predicted molar refractivity (Wildman–Crippen MR) is 138 cm³/mol. The number of alkyl halides is 3. The molecule has 10 nitrogen and oxygen atoms in total. The number of aromatic hydroxyl groups is 1. The molecule has 13 heteroatoms. The molecule has 1 amide bonds. The summed E-state index contributed by atoms with van der Waals surface area (Å²) in [6.07, 6.45) is -3.89. The quantitative estimate of drug-likeness (QED) is 0.318. The second-order valence-electron chi connectivity index (χ2n) is 11.5. The van der Waals surface area contributed by atoms with Crippen LogP contribution in [-0.2, 0) is 28.7 Å². The van der Waals surface area contributed by atoms with Crippen molar-refractivity contribution in [1.82, 2.24) is 9.80 Å². The number of phenolic OH excluding ortho intramolecular Hbond substituents is 1. The van der Waals surface area contributed by atoms with Gasteiger partial charge in [-0.05, 0) is 69.4 Å². The summed E-state index contributed by atoms with van der Waals surface area (Å²) < 4.78 is 43.9. The van der Waals surface area contributed by atoms with E-state index in [1.54, 1.807) is 0 Å². The second-order valence-corrected chi connectivity index (χ2v) is 11.5. The molecule has 6 N–H and O–H groups in total. The molecule has 4 aliphatic carbocycles. The van der Waals surface area contributed by atoms with Crippen LogP contribution in [0.3, 0.4) is 0 Å². The van der Waals surface area contributed by atoms with Crippen molar-refractivity contribution in [2.24, 2.45) is 17.6 Å². The first-order valence-electron chi connectivity index (χ1n) is 13.4. The number of aliphatic hydroxyl groups excluding tert-OH is 2. The van der Waals surface area contributed by atoms with Gasteiger partial charge in [-0.15, -0.1) is 0 Å². The van der Waals surface area contributed by atoms with Gasteiger partial charge in [-0.2, -0.15) is 13.2 Å². The number of carbonyl (C=O) groups excluding carboxylic acids is 3. The lowest BCUT2D eigenvalue weighted by atomic mass is 9.58. The molecule has 1 saturated carbocycles. The molecule has 0 bridgehead atoms. The van der Waals surface area contributed by atoms with Crippen molar-refractivity contribution in [2.75, 3.05) is 20.6 Å². The molecule has 0 aromatic heterocycles. The highest BCUT2D eigenvalue weighted by molar-refractivity contribution is 6.24. The van der Waals surface area contributed by atoms with Gasteiger partial charge in [0.25, 0.3) is 5.91 Å².